The van der Waals surface area contributed by atoms with E-state index in [1.807, 2.05) is 0 Å². The van der Waals surface area contributed by atoms with Crippen LogP contribution in [0.15, 0.2) is 43.0 Å². The summed E-state index contributed by atoms with van der Waals surface area (Å²) in [6, 6.07) is 7.88. The Bertz CT molecular complexity index is 767. The van der Waals surface area contributed by atoms with Gasteiger partial charge in [-0.15, -0.1) is 6.58 Å². The second-order valence-corrected chi connectivity index (χ2v) is 7.48. The second-order valence-electron chi connectivity index (χ2n) is 4.32. The molecule has 0 saturated heterocycles. The highest BCUT2D eigenvalue weighted by Crippen LogP contribution is 2.41. The summed E-state index contributed by atoms with van der Waals surface area (Å²) in [5, 5.41) is 0. The lowest BCUT2D eigenvalue weighted by molar-refractivity contribution is 0.386. The van der Waals surface area contributed by atoms with Crippen molar-refractivity contribution in [3.8, 4) is 5.75 Å². The summed E-state index contributed by atoms with van der Waals surface area (Å²) < 4.78 is 28.6. The summed E-state index contributed by atoms with van der Waals surface area (Å²) in [6.07, 6.45) is 1.44. The Morgan fingerprint density at radius 2 is 1.86 bits per heavy atom. The SMILES string of the molecule is C=CCc1[nH]c(P(=O)(O)Oc2ccccc2)nc1P(=O)(O)O. The van der Waals surface area contributed by atoms with Gasteiger partial charge in [-0.3, -0.25) is 4.57 Å². The van der Waals surface area contributed by atoms with Crippen LogP contribution in [0.5, 0.6) is 5.75 Å². The van der Waals surface area contributed by atoms with Crippen LogP contribution in [0.1, 0.15) is 5.69 Å². The van der Waals surface area contributed by atoms with Crippen molar-refractivity contribution >= 4 is 26.2 Å². The van der Waals surface area contributed by atoms with Crippen molar-refractivity contribution in [2.45, 2.75) is 6.42 Å². The lowest BCUT2D eigenvalue weighted by Gasteiger charge is -2.10. The lowest BCUT2D eigenvalue weighted by atomic mass is 10.3. The molecule has 0 aliphatic carbocycles. The van der Waals surface area contributed by atoms with Crippen LogP contribution in [0.3, 0.4) is 0 Å². The summed E-state index contributed by atoms with van der Waals surface area (Å²) in [6.45, 7) is 3.45. The first-order chi connectivity index (χ1) is 10.2. The van der Waals surface area contributed by atoms with Crippen molar-refractivity contribution in [1.29, 1.82) is 0 Å². The van der Waals surface area contributed by atoms with E-state index in [4.69, 9.17) is 4.52 Å². The Balaban J connectivity index is 2.41. The van der Waals surface area contributed by atoms with Crippen LogP contribution in [0.25, 0.3) is 0 Å². The van der Waals surface area contributed by atoms with Gasteiger partial charge >= 0.3 is 15.2 Å². The third-order valence-electron chi connectivity index (χ3n) is 2.61. The second kappa shape index (κ2) is 6.20. The zero-order valence-electron chi connectivity index (χ0n) is 11.3. The zero-order chi connectivity index (χ0) is 16.4. The molecule has 118 valence electrons. The normalized spacial score (nSPS) is 14.3. The van der Waals surface area contributed by atoms with E-state index in [0.29, 0.717) is 0 Å². The number of para-hydroxylation sites is 1. The topological polar surface area (TPSA) is 133 Å². The molecule has 1 aromatic carbocycles. The average Bonchev–Trinajstić information content (AvgIpc) is 2.85. The third-order valence-corrected chi connectivity index (χ3v) is 4.74. The molecule has 1 aromatic heterocycles. The largest absolute Gasteiger partial charge is 0.443 e. The minimum atomic E-state index is -4.69. The van der Waals surface area contributed by atoms with Crippen LogP contribution < -0.4 is 15.5 Å². The van der Waals surface area contributed by atoms with Gasteiger partial charge < -0.3 is 24.2 Å². The summed E-state index contributed by atoms with van der Waals surface area (Å²) in [5.74, 6) is 0.132. The first-order valence-electron chi connectivity index (χ1n) is 6.08. The Kier molecular flexibility index (Phi) is 4.70. The molecule has 0 bridgehead atoms. The van der Waals surface area contributed by atoms with Gasteiger partial charge in [-0.2, -0.15) is 0 Å². The van der Waals surface area contributed by atoms with E-state index >= 15 is 0 Å². The van der Waals surface area contributed by atoms with E-state index in [-0.39, 0.29) is 17.9 Å². The van der Waals surface area contributed by atoms with Gasteiger partial charge in [-0.05, 0) is 12.1 Å². The van der Waals surface area contributed by atoms with Crippen molar-refractivity contribution in [1.82, 2.24) is 9.97 Å². The van der Waals surface area contributed by atoms with Crippen molar-refractivity contribution in [2.75, 3.05) is 0 Å². The van der Waals surface area contributed by atoms with E-state index in [0.717, 1.165) is 0 Å². The van der Waals surface area contributed by atoms with Gasteiger partial charge in [0.25, 0.3) is 0 Å². The van der Waals surface area contributed by atoms with E-state index < -0.39 is 26.2 Å². The zero-order valence-corrected chi connectivity index (χ0v) is 13.1. The fraction of sp³-hybridized carbons (Fsp3) is 0.0833. The van der Waals surface area contributed by atoms with Crippen LogP contribution in [0.4, 0.5) is 0 Å². The molecule has 1 atom stereocenters. The minimum absolute atomic E-state index is 0.0178. The number of aromatic nitrogens is 2. The Labute approximate surface area is 126 Å². The van der Waals surface area contributed by atoms with Gasteiger partial charge in [0.05, 0.1) is 5.69 Å². The monoisotopic (exact) mass is 344 g/mol. The molecule has 0 saturated carbocycles. The molecule has 0 fully saturated rings. The van der Waals surface area contributed by atoms with Crippen LogP contribution in [0, 0.1) is 0 Å². The first kappa shape index (κ1) is 16.7. The fourth-order valence-electron chi connectivity index (χ4n) is 1.72. The number of aromatic amines is 1. The number of nitrogens with one attached hydrogen (secondary N) is 1. The highest BCUT2D eigenvalue weighted by molar-refractivity contribution is 7.62. The number of benzene rings is 1. The number of hydrogen-bond acceptors (Lipinski definition) is 4. The highest BCUT2D eigenvalue weighted by atomic mass is 31.2. The fourth-order valence-corrected chi connectivity index (χ4v) is 3.52. The summed E-state index contributed by atoms with van der Waals surface area (Å²) in [7, 11) is -9.10. The average molecular weight is 344 g/mol. The van der Waals surface area contributed by atoms with E-state index in [2.05, 4.69) is 16.5 Å². The molecule has 10 heteroatoms. The maximum absolute atomic E-state index is 12.2. The smallest absolute Gasteiger partial charge is 0.419 e. The van der Waals surface area contributed by atoms with Crippen molar-refractivity contribution in [2.24, 2.45) is 0 Å². The Morgan fingerprint density at radius 3 is 2.41 bits per heavy atom. The van der Waals surface area contributed by atoms with Crippen LogP contribution >= 0.6 is 15.2 Å². The molecule has 2 aromatic rings. The number of H-pyrrole nitrogens is 1. The number of nitrogens with zero attached hydrogens (tertiary/aromatic N) is 1. The number of hydrogen-bond donors (Lipinski definition) is 4. The molecule has 2 rings (SSSR count). The molecule has 1 unspecified atom stereocenters. The maximum atomic E-state index is 12.2. The van der Waals surface area contributed by atoms with Crippen LogP contribution in [-0.2, 0) is 15.6 Å². The predicted octanol–water partition coefficient (Wildman–Crippen LogP) is 0.831. The molecule has 0 aliphatic heterocycles. The number of imidazole rings is 1. The Morgan fingerprint density at radius 1 is 1.23 bits per heavy atom. The van der Waals surface area contributed by atoms with E-state index in [1.165, 1.54) is 18.2 Å². The predicted molar refractivity (Wildman–Crippen MR) is 80.7 cm³/mol. The van der Waals surface area contributed by atoms with E-state index in [9.17, 15) is 23.8 Å². The minimum Gasteiger partial charge on any atom is -0.419 e. The standard InChI is InChI=1S/C12H14N2O6P2/c1-2-6-10-11(21(15,16)17)14-12(13-10)22(18,19)20-9-7-4-3-5-8-9/h2-5,7-8H,1,6H2,(H,13,14)(H,18,19)(H2,15,16,17). The molecule has 1 heterocycles. The molecule has 0 radical (unpaired) electrons. The summed E-state index contributed by atoms with van der Waals surface area (Å²) in [5.41, 5.74) is -1.11. The molecule has 22 heavy (non-hydrogen) atoms. The summed E-state index contributed by atoms with van der Waals surface area (Å²) in [4.78, 5) is 34.5. The molecule has 4 N–H and O–H groups in total. The lowest BCUT2D eigenvalue weighted by Crippen LogP contribution is -2.16. The molecule has 0 amide bonds. The molecule has 8 nitrogen and oxygen atoms in total. The summed E-state index contributed by atoms with van der Waals surface area (Å²) >= 11 is 0. The van der Waals surface area contributed by atoms with Gasteiger partial charge in [0.1, 0.15) is 5.75 Å². The molecular weight excluding hydrogens is 330 g/mol. The molecule has 0 aliphatic rings. The first-order valence-corrected chi connectivity index (χ1v) is 9.27. The van der Waals surface area contributed by atoms with E-state index in [1.54, 1.807) is 18.2 Å². The van der Waals surface area contributed by atoms with Crippen molar-refractivity contribution in [3.63, 3.8) is 0 Å². The van der Waals surface area contributed by atoms with Gasteiger partial charge in [-0.25, -0.2) is 9.55 Å². The van der Waals surface area contributed by atoms with Gasteiger partial charge in [0.15, 0.2) is 5.44 Å². The van der Waals surface area contributed by atoms with Crippen LogP contribution in [0.2, 0.25) is 0 Å². The van der Waals surface area contributed by atoms with Crippen molar-refractivity contribution < 1.29 is 28.3 Å². The third kappa shape index (κ3) is 3.74. The quantitative estimate of drug-likeness (QED) is 0.451. The maximum Gasteiger partial charge on any atom is 0.443 e. The number of rotatable bonds is 6. The van der Waals surface area contributed by atoms with Gasteiger partial charge in [0.2, 0.25) is 5.57 Å². The van der Waals surface area contributed by atoms with Gasteiger partial charge in [0, 0.05) is 6.42 Å². The van der Waals surface area contributed by atoms with Gasteiger partial charge in [-0.1, -0.05) is 24.3 Å². The molecular formula is C12H14N2O6P2. The number of allylic oxidation sites excluding steroid dienone is 1. The Hall–Kier alpha value is -1.69. The van der Waals surface area contributed by atoms with Crippen molar-refractivity contribution in [3.05, 3.63) is 48.7 Å². The van der Waals surface area contributed by atoms with Crippen LogP contribution in [-0.4, -0.2) is 24.6 Å². The molecule has 0 spiro atoms. The highest BCUT2D eigenvalue weighted by Gasteiger charge is 2.34.